The highest BCUT2D eigenvalue weighted by Crippen LogP contribution is 2.31. The number of aromatic nitrogens is 2. The van der Waals surface area contributed by atoms with E-state index in [2.05, 4.69) is 11.8 Å². The van der Waals surface area contributed by atoms with Gasteiger partial charge in [0.15, 0.2) is 5.79 Å². The molecule has 1 spiro atoms. The summed E-state index contributed by atoms with van der Waals surface area (Å²) in [6, 6.07) is 11.2. The molecule has 1 saturated heterocycles. The molecule has 0 saturated carbocycles. The van der Waals surface area contributed by atoms with Gasteiger partial charge in [-0.2, -0.15) is 5.26 Å². The van der Waals surface area contributed by atoms with E-state index in [4.69, 9.17) is 19.7 Å². The zero-order valence-corrected chi connectivity index (χ0v) is 16.7. The van der Waals surface area contributed by atoms with Gasteiger partial charge in [0.05, 0.1) is 41.3 Å². The summed E-state index contributed by atoms with van der Waals surface area (Å²) in [5, 5.41) is 9.36. The Balaban J connectivity index is 1.49. The minimum atomic E-state index is -0.617. The number of nitrogens with zero attached hydrogens (tertiary/aromatic N) is 3. The van der Waals surface area contributed by atoms with Crippen LogP contribution in [0.1, 0.15) is 35.4 Å². The van der Waals surface area contributed by atoms with Gasteiger partial charge in [-0.3, -0.25) is 9.36 Å². The van der Waals surface area contributed by atoms with Crippen LogP contribution in [0.25, 0.3) is 10.9 Å². The molecule has 1 fully saturated rings. The molecule has 0 amide bonds. The first-order valence-corrected chi connectivity index (χ1v) is 10.1. The third-order valence-electron chi connectivity index (χ3n) is 5.73. The molecule has 7 heteroatoms. The van der Waals surface area contributed by atoms with Gasteiger partial charge < -0.3 is 9.47 Å². The number of hydrogen-bond acceptors (Lipinski definition) is 5. The summed E-state index contributed by atoms with van der Waals surface area (Å²) in [5.74, 6) is 5.25. The topological polar surface area (TPSA) is 77.1 Å². The largest absolute Gasteiger partial charge is 0.347 e. The molecule has 2 aliphatic heterocycles. The molecule has 3 heterocycles. The second-order valence-corrected chi connectivity index (χ2v) is 7.63. The van der Waals surface area contributed by atoms with Crippen molar-refractivity contribution in [2.24, 2.45) is 0 Å². The Bertz CT molecular complexity index is 1350. The maximum absolute atomic E-state index is 14.1. The fourth-order valence-electron chi connectivity index (χ4n) is 4.09. The van der Waals surface area contributed by atoms with Crippen molar-refractivity contribution >= 4 is 10.9 Å². The molecule has 1 aromatic heterocycles. The highest BCUT2D eigenvalue weighted by molar-refractivity contribution is 5.79. The molecule has 3 aromatic rings. The van der Waals surface area contributed by atoms with Gasteiger partial charge in [-0.1, -0.05) is 11.8 Å². The number of halogens is 1. The summed E-state index contributed by atoms with van der Waals surface area (Å²) >= 11 is 0. The monoisotopic (exact) mass is 415 g/mol. The average Bonchev–Trinajstić information content (AvgIpc) is 3.17. The normalized spacial score (nSPS) is 16.9. The van der Waals surface area contributed by atoms with Gasteiger partial charge in [0.25, 0.3) is 5.56 Å². The Labute approximate surface area is 177 Å². The minimum absolute atomic E-state index is 0.0901. The predicted octanol–water partition coefficient (Wildman–Crippen LogP) is 2.89. The van der Waals surface area contributed by atoms with Crippen molar-refractivity contribution in [1.82, 2.24) is 9.55 Å². The number of rotatable bonds is 0. The van der Waals surface area contributed by atoms with Crippen LogP contribution >= 0.6 is 0 Å². The van der Waals surface area contributed by atoms with E-state index in [9.17, 15) is 9.18 Å². The number of fused-ring (bicyclic) bond motifs is 2. The average molecular weight is 415 g/mol. The van der Waals surface area contributed by atoms with E-state index in [1.807, 2.05) is 6.07 Å². The van der Waals surface area contributed by atoms with Crippen molar-refractivity contribution in [1.29, 1.82) is 5.26 Å². The van der Waals surface area contributed by atoms with Gasteiger partial charge in [-0.25, -0.2) is 9.37 Å². The first-order valence-electron chi connectivity index (χ1n) is 10.1. The Morgan fingerprint density at radius 1 is 1.06 bits per heavy atom. The molecule has 5 rings (SSSR count). The van der Waals surface area contributed by atoms with Crippen molar-refractivity contribution < 1.29 is 13.9 Å². The van der Waals surface area contributed by atoms with Gasteiger partial charge in [0.2, 0.25) is 0 Å². The fourth-order valence-corrected chi connectivity index (χ4v) is 4.09. The Kier molecular flexibility index (Phi) is 4.78. The summed E-state index contributed by atoms with van der Waals surface area (Å²) in [6.07, 6.45) is 1.85. The summed E-state index contributed by atoms with van der Waals surface area (Å²) in [7, 11) is 0. The lowest BCUT2D eigenvalue weighted by molar-refractivity contribution is -0.165. The van der Waals surface area contributed by atoms with Crippen LogP contribution in [-0.4, -0.2) is 28.6 Å². The van der Waals surface area contributed by atoms with E-state index in [-0.39, 0.29) is 16.7 Å². The Hall–Kier alpha value is -3.52. The summed E-state index contributed by atoms with van der Waals surface area (Å²) in [5.41, 5.74) is 1.55. The third kappa shape index (κ3) is 3.59. The molecule has 0 atom stereocenters. The first-order chi connectivity index (χ1) is 15.1. The van der Waals surface area contributed by atoms with Gasteiger partial charge >= 0.3 is 0 Å². The lowest BCUT2D eigenvalue weighted by Crippen LogP contribution is -2.31. The maximum atomic E-state index is 14.1. The highest BCUT2D eigenvalue weighted by atomic mass is 19.1. The first kappa shape index (κ1) is 19.4. The highest BCUT2D eigenvalue weighted by Gasteiger charge is 2.38. The van der Waals surface area contributed by atoms with Crippen LogP contribution in [0.2, 0.25) is 0 Å². The second-order valence-electron chi connectivity index (χ2n) is 7.63. The van der Waals surface area contributed by atoms with Crippen molar-refractivity contribution in [2.45, 2.75) is 31.6 Å². The smallest absolute Gasteiger partial charge is 0.261 e. The molecule has 0 aliphatic carbocycles. The lowest BCUT2D eigenvalue weighted by Gasteiger charge is -2.24. The van der Waals surface area contributed by atoms with E-state index >= 15 is 0 Å². The molecule has 0 unspecified atom stereocenters. The van der Waals surface area contributed by atoms with E-state index in [1.165, 1.54) is 12.1 Å². The molecule has 0 radical (unpaired) electrons. The van der Waals surface area contributed by atoms with E-state index in [0.29, 0.717) is 61.3 Å². The number of nitriles is 1. The zero-order chi connectivity index (χ0) is 21.4. The molecule has 2 aromatic carbocycles. The van der Waals surface area contributed by atoms with Gasteiger partial charge in [0, 0.05) is 31.4 Å². The van der Waals surface area contributed by atoms with Crippen molar-refractivity contribution in [3.63, 3.8) is 0 Å². The molecule has 154 valence electrons. The van der Waals surface area contributed by atoms with Crippen molar-refractivity contribution in [2.75, 3.05) is 13.2 Å². The Morgan fingerprint density at radius 3 is 2.65 bits per heavy atom. The van der Waals surface area contributed by atoms with Crippen LogP contribution in [0.3, 0.4) is 0 Å². The molecule has 0 bridgehead atoms. The molecule has 0 N–H and O–H groups in total. The number of aryl methyl sites for hydroxylation is 1. The molecule has 31 heavy (non-hydrogen) atoms. The zero-order valence-electron chi connectivity index (χ0n) is 16.7. The van der Waals surface area contributed by atoms with E-state index < -0.39 is 11.6 Å². The van der Waals surface area contributed by atoms with Crippen LogP contribution in [-0.2, 0) is 22.4 Å². The maximum Gasteiger partial charge on any atom is 0.261 e. The van der Waals surface area contributed by atoms with Crippen LogP contribution in [0.5, 0.6) is 0 Å². The van der Waals surface area contributed by atoms with Gasteiger partial charge in [-0.05, 0) is 36.4 Å². The quantitative estimate of drug-likeness (QED) is 0.528. The van der Waals surface area contributed by atoms with Crippen LogP contribution in [0, 0.1) is 29.0 Å². The predicted molar refractivity (Wildman–Crippen MR) is 111 cm³/mol. The van der Waals surface area contributed by atoms with E-state index in [0.717, 1.165) is 6.07 Å². The Morgan fingerprint density at radius 2 is 1.87 bits per heavy atom. The number of ether oxygens (including phenoxy) is 2. The molecular formula is C24H18FN3O3. The van der Waals surface area contributed by atoms with Crippen molar-refractivity contribution in [3.8, 4) is 17.9 Å². The fraction of sp³-hybridized carbons (Fsp3) is 0.292. The van der Waals surface area contributed by atoms with Crippen LogP contribution < -0.4 is 5.56 Å². The SMILES string of the molecule is N#Cc1ccc(C#Cc2ccc3c(=O)n4c(nc3c2)CCC2(CC4)OCCO2)c(F)c1. The number of hydrogen-bond donors (Lipinski definition) is 0. The number of benzene rings is 2. The summed E-state index contributed by atoms with van der Waals surface area (Å²) in [6.45, 7) is 1.64. The van der Waals surface area contributed by atoms with Gasteiger partial charge in [-0.15, -0.1) is 0 Å². The standard InChI is InChI=1S/C24H18FN3O3/c25-20-13-17(15-26)2-5-18(20)4-1-16-3-6-19-21(14-16)27-22-7-8-24(30-11-12-31-24)9-10-28(22)23(19)29/h2-3,5-6,13-14H,7-12H2. The van der Waals surface area contributed by atoms with Gasteiger partial charge in [0.1, 0.15) is 11.6 Å². The third-order valence-corrected chi connectivity index (χ3v) is 5.73. The minimum Gasteiger partial charge on any atom is -0.347 e. The summed E-state index contributed by atoms with van der Waals surface area (Å²) < 4.78 is 27.4. The van der Waals surface area contributed by atoms with E-state index in [1.54, 1.807) is 22.8 Å². The second kappa shape index (κ2) is 7.63. The molecular weight excluding hydrogens is 397 g/mol. The van der Waals surface area contributed by atoms with Crippen LogP contribution in [0.4, 0.5) is 4.39 Å². The summed E-state index contributed by atoms with van der Waals surface area (Å²) in [4.78, 5) is 17.8. The molecule has 6 nitrogen and oxygen atoms in total. The lowest BCUT2D eigenvalue weighted by atomic mass is 10.1. The van der Waals surface area contributed by atoms with Crippen LogP contribution in [0.15, 0.2) is 41.2 Å². The molecule has 2 aliphatic rings. The van der Waals surface area contributed by atoms with Crippen molar-refractivity contribution in [3.05, 3.63) is 75.1 Å².